The van der Waals surface area contributed by atoms with E-state index in [4.69, 9.17) is 5.73 Å². The van der Waals surface area contributed by atoms with Crippen molar-refractivity contribution in [2.45, 2.75) is 13.1 Å². The minimum absolute atomic E-state index is 0.00668. The predicted octanol–water partition coefficient (Wildman–Crippen LogP) is 4.03. The number of aromatic nitrogens is 5. The third kappa shape index (κ3) is 5.33. The van der Waals surface area contributed by atoms with E-state index in [1.54, 1.807) is 6.20 Å². The van der Waals surface area contributed by atoms with Crippen molar-refractivity contribution in [3.05, 3.63) is 95.1 Å². The monoisotopic (exact) mass is 525 g/mol. The zero-order valence-corrected chi connectivity index (χ0v) is 20.6. The Morgan fingerprint density at radius 3 is 2.56 bits per heavy atom. The molecule has 4 N–H and O–H groups in total. The lowest BCUT2D eigenvalue weighted by molar-refractivity contribution is 0.0779. The van der Waals surface area contributed by atoms with Crippen LogP contribution in [0.2, 0.25) is 0 Å². The number of halogens is 2. The Morgan fingerprint density at radius 1 is 1.05 bits per heavy atom. The zero-order valence-electron chi connectivity index (χ0n) is 20.6. The fourth-order valence-corrected chi connectivity index (χ4v) is 3.96. The van der Waals surface area contributed by atoms with E-state index in [1.807, 2.05) is 36.4 Å². The first-order valence-corrected chi connectivity index (χ1v) is 11.7. The van der Waals surface area contributed by atoms with E-state index in [0.29, 0.717) is 23.6 Å². The molecular formula is C27H21F2N9O. The van der Waals surface area contributed by atoms with Crippen LogP contribution in [0.5, 0.6) is 0 Å². The number of nitrogens with one attached hydrogen (secondary N) is 2. The average Bonchev–Trinajstić information content (AvgIpc) is 3.33. The lowest BCUT2D eigenvalue weighted by Gasteiger charge is -2.19. The van der Waals surface area contributed by atoms with Crippen LogP contribution in [0.3, 0.4) is 0 Å². The maximum Gasteiger partial charge on any atom is 0.276 e. The van der Waals surface area contributed by atoms with Crippen molar-refractivity contribution in [1.29, 1.82) is 5.26 Å². The van der Waals surface area contributed by atoms with E-state index in [-0.39, 0.29) is 23.8 Å². The number of carbonyl (C=O) groups is 1. The molecule has 3 heterocycles. The van der Waals surface area contributed by atoms with E-state index < -0.39 is 17.5 Å². The molecule has 0 aliphatic carbocycles. The van der Waals surface area contributed by atoms with Crippen LogP contribution in [0, 0.1) is 23.0 Å². The molecule has 39 heavy (non-hydrogen) atoms. The summed E-state index contributed by atoms with van der Waals surface area (Å²) in [5, 5.41) is 19.8. The summed E-state index contributed by atoms with van der Waals surface area (Å²) in [6.07, 6.45) is 2.92. The molecule has 2 aromatic carbocycles. The van der Waals surface area contributed by atoms with Gasteiger partial charge in [0.25, 0.3) is 5.91 Å². The molecule has 5 aromatic rings. The highest BCUT2D eigenvalue weighted by molar-refractivity contribution is 5.96. The van der Waals surface area contributed by atoms with Gasteiger partial charge in [0.2, 0.25) is 0 Å². The van der Waals surface area contributed by atoms with Crippen molar-refractivity contribution in [2.75, 3.05) is 18.1 Å². The summed E-state index contributed by atoms with van der Waals surface area (Å²) in [6, 6.07) is 14.9. The van der Waals surface area contributed by atoms with Crippen LogP contribution in [0.25, 0.3) is 22.2 Å². The molecule has 0 bridgehead atoms. The number of hydrogen-bond acceptors (Lipinski definition) is 8. The number of amides is 1. The second-order valence-electron chi connectivity index (χ2n) is 8.76. The molecule has 1 amide bonds. The number of H-pyrrole nitrogens is 1. The molecule has 0 unspecified atom stereocenters. The minimum Gasteiger partial charge on any atom is -0.384 e. The molecule has 0 aliphatic rings. The number of nitrogen functional groups attached to an aromatic ring is 1. The van der Waals surface area contributed by atoms with Gasteiger partial charge >= 0.3 is 0 Å². The number of fused-ring (bicyclic) bond motifs is 1. The average molecular weight is 526 g/mol. The Morgan fingerprint density at radius 2 is 1.82 bits per heavy atom. The fourth-order valence-electron chi connectivity index (χ4n) is 3.96. The Bertz CT molecular complexity index is 1730. The molecule has 0 fully saturated rings. The maximum absolute atomic E-state index is 13.6. The topological polar surface area (TPSA) is 150 Å². The number of aromatic amines is 1. The van der Waals surface area contributed by atoms with E-state index in [9.17, 15) is 18.8 Å². The number of nitrogens with two attached hydrogens (primary N) is 1. The fraction of sp³-hybridized carbons (Fsp3) is 0.111. The normalized spacial score (nSPS) is 10.8. The second-order valence-corrected chi connectivity index (χ2v) is 8.76. The first kappa shape index (κ1) is 25.2. The van der Waals surface area contributed by atoms with Crippen molar-refractivity contribution in [1.82, 2.24) is 30.0 Å². The molecule has 0 saturated heterocycles. The highest BCUT2D eigenvalue weighted by atomic mass is 19.2. The van der Waals surface area contributed by atoms with Gasteiger partial charge in [-0.25, -0.2) is 23.7 Å². The van der Waals surface area contributed by atoms with E-state index in [2.05, 4.69) is 30.5 Å². The molecular weight excluding hydrogens is 504 g/mol. The van der Waals surface area contributed by atoms with Crippen molar-refractivity contribution < 1.29 is 13.6 Å². The number of nitriles is 1. The smallest absolute Gasteiger partial charge is 0.276 e. The summed E-state index contributed by atoms with van der Waals surface area (Å²) < 4.78 is 26.9. The van der Waals surface area contributed by atoms with Gasteiger partial charge in [0.05, 0.1) is 11.6 Å². The molecule has 0 aliphatic heterocycles. The molecule has 194 valence electrons. The number of nitrogens with zero attached hydrogens (tertiary/aromatic N) is 6. The van der Waals surface area contributed by atoms with Crippen molar-refractivity contribution in [3.63, 3.8) is 0 Å². The Kier molecular flexibility index (Phi) is 6.79. The number of pyridine rings is 1. The van der Waals surface area contributed by atoms with Crippen LogP contribution in [0.15, 0.2) is 60.9 Å². The zero-order chi connectivity index (χ0) is 27.5. The van der Waals surface area contributed by atoms with Gasteiger partial charge in [-0.05, 0) is 34.9 Å². The summed E-state index contributed by atoms with van der Waals surface area (Å²) in [7, 11) is 1.51. The summed E-state index contributed by atoms with van der Waals surface area (Å²) in [4.78, 5) is 27.1. The third-order valence-electron chi connectivity index (χ3n) is 6.03. The minimum atomic E-state index is -0.998. The lowest BCUT2D eigenvalue weighted by atomic mass is 10.0. The Balaban J connectivity index is 1.32. The van der Waals surface area contributed by atoms with Crippen LogP contribution >= 0.6 is 0 Å². The van der Waals surface area contributed by atoms with Gasteiger partial charge in [-0.2, -0.15) is 10.4 Å². The Hall–Kier alpha value is -5.44. The van der Waals surface area contributed by atoms with Crippen LogP contribution in [-0.2, 0) is 13.1 Å². The quantitative estimate of drug-likeness (QED) is 0.288. The number of hydrogen-bond donors (Lipinski definition) is 3. The van der Waals surface area contributed by atoms with E-state index >= 15 is 0 Å². The van der Waals surface area contributed by atoms with Gasteiger partial charge in [-0.15, -0.1) is 0 Å². The number of anilines is 2. The molecule has 0 spiro atoms. The molecule has 0 atom stereocenters. The Labute approximate surface area is 221 Å². The van der Waals surface area contributed by atoms with Crippen LogP contribution in [-0.4, -0.2) is 43.0 Å². The van der Waals surface area contributed by atoms with E-state index in [1.165, 1.54) is 24.2 Å². The van der Waals surface area contributed by atoms with Gasteiger partial charge < -0.3 is 16.0 Å². The van der Waals surface area contributed by atoms with Crippen LogP contribution < -0.4 is 11.1 Å². The van der Waals surface area contributed by atoms with Crippen molar-refractivity contribution >= 4 is 28.6 Å². The molecule has 0 saturated carbocycles. The van der Waals surface area contributed by atoms with Gasteiger partial charge in [0.1, 0.15) is 11.9 Å². The summed E-state index contributed by atoms with van der Waals surface area (Å²) in [5.41, 5.74) is 9.57. The van der Waals surface area contributed by atoms with Gasteiger partial charge in [-0.3, -0.25) is 9.89 Å². The van der Waals surface area contributed by atoms with Crippen LogP contribution in [0.1, 0.15) is 27.3 Å². The third-order valence-corrected chi connectivity index (χ3v) is 6.03. The summed E-state index contributed by atoms with van der Waals surface area (Å²) in [6.45, 7) is 0.312. The predicted molar refractivity (Wildman–Crippen MR) is 140 cm³/mol. The number of rotatable bonds is 7. The first-order chi connectivity index (χ1) is 18.8. The molecule has 12 heteroatoms. The van der Waals surface area contributed by atoms with Crippen molar-refractivity contribution in [2.24, 2.45) is 0 Å². The SMILES string of the molecule is CN(Cc1ccc(F)c(F)c1)C(=O)c1ncc(C#N)nc1NCc1ccc(-c2cnc3n[nH]c(N)c3c2)cc1. The van der Waals surface area contributed by atoms with E-state index in [0.717, 1.165) is 34.2 Å². The molecule has 5 rings (SSSR count). The highest BCUT2D eigenvalue weighted by Gasteiger charge is 2.20. The number of benzene rings is 2. The molecule has 0 radical (unpaired) electrons. The van der Waals surface area contributed by atoms with Crippen molar-refractivity contribution in [3.8, 4) is 17.2 Å². The molecule has 3 aromatic heterocycles. The summed E-state index contributed by atoms with van der Waals surface area (Å²) >= 11 is 0. The standard InChI is InChI=1S/C27H21F2N9O/c1-38(14-16-4-7-21(28)22(29)8-16)27(39)23-26(35-19(10-30)13-32-23)33-11-15-2-5-17(6-3-15)18-9-20-24(31)36-37-25(20)34-12-18/h2-9,12-13H,11,14H2,1H3,(H,33,35)(H3,31,34,36,37). The maximum atomic E-state index is 13.6. The largest absolute Gasteiger partial charge is 0.384 e. The van der Waals surface area contributed by atoms with Gasteiger partial charge in [0.15, 0.2) is 34.5 Å². The first-order valence-electron chi connectivity index (χ1n) is 11.7. The highest BCUT2D eigenvalue weighted by Crippen LogP contribution is 2.25. The lowest BCUT2D eigenvalue weighted by Crippen LogP contribution is -2.28. The number of carbonyl (C=O) groups excluding carboxylic acids is 1. The van der Waals surface area contributed by atoms with Crippen LogP contribution in [0.4, 0.5) is 20.4 Å². The summed E-state index contributed by atoms with van der Waals surface area (Å²) in [5.74, 6) is -1.89. The molecule has 10 nitrogen and oxygen atoms in total. The van der Waals surface area contributed by atoms with Gasteiger partial charge in [-0.1, -0.05) is 30.3 Å². The van der Waals surface area contributed by atoms with Gasteiger partial charge in [0, 0.05) is 31.9 Å². The second kappa shape index (κ2) is 10.5.